The Hall–Kier alpha value is 1.42. The molecule has 0 rings (SSSR count). The van der Waals surface area contributed by atoms with Gasteiger partial charge in [0, 0.05) is 5.88 Å². The van der Waals surface area contributed by atoms with Crippen LogP contribution in [0.4, 0.5) is 0 Å². The number of alkyl halides is 1. The summed E-state index contributed by atoms with van der Waals surface area (Å²) in [5, 5.41) is 8.52. The quantitative estimate of drug-likeness (QED) is 0.344. The van der Waals surface area contributed by atoms with Gasteiger partial charge in [-0.05, 0) is 0 Å². The van der Waals surface area contributed by atoms with Crippen molar-refractivity contribution < 1.29 is 18.1 Å². The van der Waals surface area contributed by atoms with Crippen LogP contribution in [-0.2, 0) is 10.1 Å². The van der Waals surface area contributed by atoms with E-state index in [2.05, 4.69) is 0 Å². The van der Waals surface area contributed by atoms with Crippen LogP contribution >= 0.6 is 11.6 Å². The van der Waals surface area contributed by atoms with Gasteiger partial charge in [-0.1, -0.05) is 0 Å². The van der Waals surface area contributed by atoms with Gasteiger partial charge in [0.05, 0.1) is 6.10 Å². The standard InChI is InChI=1S/C3H7ClO4S.Ca.2H/c4-1-3(5)2-9(6,7)8;;;/h3,5H,1-2H2,(H,6,7,8);;;. The van der Waals surface area contributed by atoms with Gasteiger partial charge in [0.15, 0.2) is 0 Å². The molecule has 0 aliphatic carbocycles. The third-order valence-electron chi connectivity index (χ3n) is 0.581. The second-order valence-electron chi connectivity index (χ2n) is 1.56. The minimum absolute atomic E-state index is 0. The van der Waals surface area contributed by atoms with Crippen LogP contribution in [0.15, 0.2) is 0 Å². The first-order chi connectivity index (χ1) is 3.95. The Labute approximate surface area is 94.3 Å². The van der Waals surface area contributed by atoms with Gasteiger partial charge in [0.25, 0.3) is 10.1 Å². The second kappa shape index (κ2) is 5.99. The Morgan fingerprint density at radius 3 is 2.00 bits per heavy atom. The van der Waals surface area contributed by atoms with Crippen LogP contribution < -0.4 is 0 Å². The molecule has 1 unspecified atom stereocenters. The van der Waals surface area contributed by atoms with Crippen molar-refractivity contribution in [3.05, 3.63) is 0 Å². The van der Waals surface area contributed by atoms with Crippen molar-refractivity contribution in [2.24, 2.45) is 0 Å². The van der Waals surface area contributed by atoms with Crippen molar-refractivity contribution in [2.45, 2.75) is 6.10 Å². The summed E-state index contributed by atoms with van der Waals surface area (Å²) in [6.07, 6.45) is -1.18. The number of halogens is 1. The van der Waals surface area contributed by atoms with E-state index in [0.29, 0.717) is 0 Å². The number of hydrogen-bond acceptors (Lipinski definition) is 3. The second-order valence-corrected chi connectivity index (χ2v) is 3.36. The average Bonchev–Trinajstić information content (AvgIpc) is 1.62. The molecule has 2 N–H and O–H groups in total. The molecule has 10 heavy (non-hydrogen) atoms. The molecule has 0 aromatic heterocycles. The zero-order valence-electron chi connectivity index (χ0n) is 4.49. The SMILES string of the molecule is O=S(=O)(O)CC(O)CCl.[CaH2]. The van der Waals surface area contributed by atoms with Gasteiger partial charge >= 0.3 is 37.7 Å². The zero-order valence-corrected chi connectivity index (χ0v) is 6.06. The number of aliphatic hydroxyl groups is 1. The zero-order chi connectivity index (χ0) is 7.49. The van der Waals surface area contributed by atoms with Crippen LogP contribution in [0.1, 0.15) is 0 Å². The normalized spacial score (nSPS) is 13.9. The van der Waals surface area contributed by atoms with Gasteiger partial charge in [-0.2, -0.15) is 8.42 Å². The van der Waals surface area contributed by atoms with E-state index in [1.165, 1.54) is 0 Å². The fraction of sp³-hybridized carbons (Fsp3) is 1.00. The van der Waals surface area contributed by atoms with Gasteiger partial charge in [-0.15, -0.1) is 11.6 Å². The van der Waals surface area contributed by atoms with Gasteiger partial charge < -0.3 is 5.11 Å². The maximum atomic E-state index is 9.94. The molecular formula is C3H9CaClO4S. The minimum atomic E-state index is -4.07. The molecule has 0 saturated heterocycles. The topological polar surface area (TPSA) is 74.6 Å². The molecule has 0 spiro atoms. The number of aliphatic hydroxyl groups excluding tert-OH is 1. The predicted octanol–water partition coefficient (Wildman–Crippen LogP) is -1.44. The van der Waals surface area contributed by atoms with E-state index in [4.69, 9.17) is 21.3 Å². The van der Waals surface area contributed by atoms with Gasteiger partial charge in [-0.3, -0.25) is 4.55 Å². The van der Waals surface area contributed by atoms with Gasteiger partial charge in [0.1, 0.15) is 5.75 Å². The average molecular weight is 217 g/mol. The summed E-state index contributed by atoms with van der Waals surface area (Å²) in [7, 11) is -4.07. The van der Waals surface area contributed by atoms with E-state index in [-0.39, 0.29) is 43.6 Å². The number of rotatable bonds is 3. The van der Waals surface area contributed by atoms with Crippen molar-refractivity contribution in [2.75, 3.05) is 11.6 Å². The first kappa shape index (κ1) is 14.0. The first-order valence-electron chi connectivity index (χ1n) is 2.15. The van der Waals surface area contributed by atoms with Crippen LogP contribution in [0.3, 0.4) is 0 Å². The van der Waals surface area contributed by atoms with Crippen molar-refractivity contribution in [1.82, 2.24) is 0 Å². The van der Waals surface area contributed by atoms with Gasteiger partial charge in [-0.25, -0.2) is 0 Å². The Morgan fingerprint density at radius 1 is 1.50 bits per heavy atom. The monoisotopic (exact) mass is 216 g/mol. The Kier molecular flexibility index (Phi) is 8.38. The Bertz CT molecular complexity index is 167. The summed E-state index contributed by atoms with van der Waals surface area (Å²) < 4.78 is 27.9. The fourth-order valence-electron chi connectivity index (χ4n) is 0.288. The van der Waals surface area contributed by atoms with Crippen molar-refractivity contribution in [1.29, 1.82) is 0 Å². The molecule has 7 heteroatoms. The molecule has 0 aromatic carbocycles. The van der Waals surface area contributed by atoms with Crippen molar-refractivity contribution in [3.63, 3.8) is 0 Å². The summed E-state index contributed by atoms with van der Waals surface area (Å²) in [5.74, 6) is -0.893. The Morgan fingerprint density at radius 2 is 1.90 bits per heavy atom. The molecule has 4 nitrogen and oxygen atoms in total. The number of hydrogen-bond donors (Lipinski definition) is 2. The summed E-state index contributed by atoms with van der Waals surface area (Å²) in [4.78, 5) is 0. The third kappa shape index (κ3) is 9.42. The molecule has 0 aliphatic rings. The van der Waals surface area contributed by atoms with E-state index in [1.54, 1.807) is 0 Å². The molecule has 0 aliphatic heterocycles. The van der Waals surface area contributed by atoms with E-state index in [0.717, 1.165) is 0 Å². The molecule has 0 bridgehead atoms. The third-order valence-corrected chi connectivity index (χ3v) is 1.74. The maximum absolute atomic E-state index is 9.94. The van der Waals surface area contributed by atoms with Crippen LogP contribution in [0.25, 0.3) is 0 Å². The summed E-state index contributed by atoms with van der Waals surface area (Å²) in [5.41, 5.74) is 0. The van der Waals surface area contributed by atoms with Crippen molar-refractivity contribution >= 4 is 59.5 Å². The van der Waals surface area contributed by atoms with Crippen LogP contribution in [0.2, 0.25) is 0 Å². The first-order valence-corrected chi connectivity index (χ1v) is 4.29. The Balaban J connectivity index is 0. The van der Waals surface area contributed by atoms with Crippen LogP contribution in [-0.4, -0.2) is 73.6 Å². The van der Waals surface area contributed by atoms with Crippen LogP contribution in [0.5, 0.6) is 0 Å². The molecule has 0 amide bonds. The van der Waals surface area contributed by atoms with E-state index in [1.807, 2.05) is 0 Å². The predicted molar refractivity (Wildman–Crippen MR) is 41.7 cm³/mol. The molecule has 0 fully saturated rings. The summed E-state index contributed by atoms with van der Waals surface area (Å²) in [6.45, 7) is 0. The van der Waals surface area contributed by atoms with E-state index >= 15 is 0 Å². The summed E-state index contributed by atoms with van der Waals surface area (Å²) in [6, 6.07) is 0. The fourth-order valence-corrected chi connectivity index (χ4v) is 1.13. The molecular weight excluding hydrogens is 208 g/mol. The molecule has 0 aromatic rings. The summed E-state index contributed by atoms with van der Waals surface area (Å²) >= 11 is 5.03. The molecule has 60 valence electrons. The molecule has 0 heterocycles. The van der Waals surface area contributed by atoms with Crippen molar-refractivity contribution in [3.8, 4) is 0 Å². The molecule has 0 radical (unpaired) electrons. The van der Waals surface area contributed by atoms with Gasteiger partial charge in [0.2, 0.25) is 0 Å². The molecule has 1 atom stereocenters. The van der Waals surface area contributed by atoms with E-state index in [9.17, 15) is 8.42 Å². The molecule has 0 saturated carbocycles. The van der Waals surface area contributed by atoms with E-state index < -0.39 is 22.0 Å². The van der Waals surface area contributed by atoms with Crippen LogP contribution in [0, 0.1) is 0 Å².